The fourth-order valence-electron chi connectivity index (χ4n) is 0.455. The van der Waals surface area contributed by atoms with Crippen LogP contribution in [0.25, 0.3) is 0 Å². The molecule has 0 aliphatic rings. The number of rotatable bonds is 5. The molecule has 0 bridgehead atoms. The maximum atomic E-state index is 10.5. The standard InChI is InChI=1S/C7H12O3/c1-2-7(9)10-6-4-3-5-8/h5H,2-4,6H2,1H3. The van der Waals surface area contributed by atoms with E-state index in [4.69, 9.17) is 4.74 Å². The molecule has 0 saturated carbocycles. The maximum absolute atomic E-state index is 10.5. The number of hydrogen-bond donors (Lipinski definition) is 0. The SMILES string of the molecule is CCC(=O)OCCCC=O. The van der Waals surface area contributed by atoms with Crippen LogP contribution in [0.2, 0.25) is 0 Å². The van der Waals surface area contributed by atoms with Crippen LogP contribution in [0.3, 0.4) is 0 Å². The van der Waals surface area contributed by atoms with Gasteiger partial charge >= 0.3 is 5.97 Å². The topological polar surface area (TPSA) is 43.4 Å². The van der Waals surface area contributed by atoms with E-state index in [9.17, 15) is 9.59 Å². The molecule has 3 heteroatoms. The van der Waals surface area contributed by atoms with Crippen molar-refractivity contribution in [2.45, 2.75) is 26.2 Å². The molecule has 0 atom stereocenters. The minimum Gasteiger partial charge on any atom is -0.466 e. The summed E-state index contributed by atoms with van der Waals surface area (Å²) < 4.78 is 4.70. The predicted octanol–water partition coefficient (Wildman–Crippen LogP) is 0.919. The molecular weight excluding hydrogens is 132 g/mol. The summed E-state index contributed by atoms with van der Waals surface area (Å²) in [5.74, 6) is -0.203. The van der Waals surface area contributed by atoms with E-state index in [0.717, 1.165) is 6.29 Å². The Hall–Kier alpha value is -0.860. The molecule has 0 unspecified atom stereocenters. The highest BCUT2D eigenvalue weighted by Crippen LogP contribution is 1.89. The lowest BCUT2D eigenvalue weighted by atomic mass is 10.3. The van der Waals surface area contributed by atoms with Crippen molar-refractivity contribution in [3.63, 3.8) is 0 Å². The number of aldehydes is 1. The van der Waals surface area contributed by atoms with Gasteiger partial charge in [-0.3, -0.25) is 4.79 Å². The van der Waals surface area contributed by atoms with Crippen molar-refractivity contribution in [3.8, 4) is 0 Å². The average molecular weight is 144 g/mol. The van der Waals surface area contributed by atoms with Crippen LogP contribution in [0.5, 0.6) is 0 Å². The summed E-state index contributed by atoms with van der Waals surface area (Å²) in [6.45, 7) is 2.10. The fourth-order valence-corrected chi connectivity index (χ4v) is 0.455. The second-order valence-corrected chi connectivity index (χ2v) is 1.88. The van der Waals surface area contributed by atoms with Gasteiger partial charge in [0, 0.05) is 12.8 Å². The van der Waals surface area contributed by atoms with Crippen molar-refractivity contribution in [1.82, 2.24) is 0 Å². The largest absolute Gasteiger partial charge is 0.466 e. The van der Waals surface area contributed by atoms with E-state index in [0.29, 0.717) is 25.9 Å². The molecule has 0 aromatic heterocycles. The summed E-state index contributed by atoms with van der Waals surface area (Å²) in [7, 11) is 0. The predicted molar refractivity (Wildman–Crippen MR) is 36.5 cm³/mol. The Morgan fingerprint density at radius 3 is 2.80 bits per heavy atom. The minimum atomic E-state index is -0.203. The van der Waals surface area contributed by atoms with Gasteiger partial charge in [0.1, 0.15) is 6.29 Å². The third kappa shape index (κ3) is 5.28. The second kappa shape index (κ2) is 6.26. The van der Waals surface area contributed by atoms with Gasteiger partial charge in [0.15, 0.2) is 0 Å². The summed E-state index contributed by atoms with van der Waals surface area (Å²) in [5.41, 5.74) is 0. The van der Waals surface area contributed by atoms with Crippen molar-refractivity contribution in [1.29, 1.82) is 0 Å². The molecule has 0 aromatic carbocycles. The zero-order valence-electron chi connectivity index (χ0n) is 6.13. The Balaban J connectivity index is 3.03. The van der Waals surface area contributed by atoms with Crippen molar-refractivity contribution < 1.29 is 14.3 Å². The summed E-state index contributed by atoms with van der Waals surface area (Å²) in [6.07, 6.45) is 2.33. The molecule has 0 aliphatic carbocycles. The molecule has 0 heterocycles. The lowest BCUT2D eigenvalue weighted by molar-refractivity contribution is -0.143. The summed E-state index contributed by atoms with van der Waals surface area (Å²) in [5, 5.41) is 0. The van der Waals surface area contributed by atoms with Gasteiger partial charge in [-0.15, -0.1) is 0 Å². The Labute approximate surface area is 60.4 Å². The molecule has 3 nitrogen and oxygen atoms in total. The lowest BCUT2D eigenvalue weighted by Crippen LogP contribution is -2.03. The van der Waals surface area contributed by atoms with E-state index in [1.54, 1.807) is 6.92 Å². The fraction of sp³-hybridized carbons (Fsp3) is 0.714. The highest BCUT2D eigenvalue weighted by molar-refractivity contribution is 5.68. The maximum Gasteiger partial charge on any atom is 0.305 e. The van der Waals surface area contributed by atoms with Gasteiger partial charge in [0.2, 0.25) is 0 Å². The monoisotopic (exact) mass is 144 g/mol. The van der Waals surface area contributed by atoms with Gasteiger partial charge in [0.25, 0.3) is 0 Å². The van der Waals surface area contributed by atoms with Crippen LogP contribution in [0.4, 0.5) is 0 Å². The number of unbranched alkanes of at least 4 members (excludes halogenated alkanes) is 1. The summed E-state index contributed by atoms with van der Waals surface area (Å²) in [4.78, 5) is 20.2. The van der Waals surface area contributed by atoms with Gasteiger partial charge < -0.3 is 9.53 Å². The summed E-state index contributed by atoms with van der Waals surface area (Å²) >= 11 is 0. The number of esters is 1. The van der Waals surface area contributed by atoms with Crippen LogP contribution < -0.4 is 0 Å². The van der Waals surface area contributed by atoms with Gasteiger partial charge in [-0.25, -0.2) is 0 Å². The first-order valence-electron chi connectivity index (χ1n) is 3.40. The molecule has 0 saturated heterocycles. The number of carbonyl (C=O) groups excluding carboxylic acids is 2. The Bertz CT molecular complexity index is 109. The molecule has 0 spiro atoms. The molecule has 0 rings (SSSR count). The molecular formula is C7H12O3. The molecule has 0 aromatic rings. The van der Waals surface area contributed by atoms with Crippen LogP contribution in [0.1, 0.15) is 26.2 Å². The van der Waals surface area contributed by atoms with E-state index < -0.39 is 0 Å². The normalized spacial score (nSPS) is 8.90. The number of carbonyl (C=O) groups is 2. The Kier molecular flexibility index (Phi) is 5.72. The van der Waals surface area contributed by atoms with Crippen molar-refractivity contribution >= 4 is 12.3 Å². The van der Waals surface area contributed by atoms with Gasteiger partial charge in [-0.2, -0.15) is 0 Å². The first-order valence-corrected chi connectivity index (χ1v) is 3.40. The van der Waals surface area contributed by atoms with Crippen molar-refractivity contribution in [2.24, 2.45) is 0 Å². The molecule has 58 valence electrons. The van der Waals surface area contributed by atoms with E-state index in [1.807, 2.05) is 0 Å². The van der Waals surface area contributed by atoms with E-state index in [1.165, 1.54) is 0 Å². The number of hydrogen-bond acceptors (Lipinski definition) is 3. The molecule has 0 aliphatic heterocycles. The van der Waals surface area contributed by atoms with Crippen LogP contribution in [0, 0.1) is 0 Å². The molecule has 0 radical (unpaired) electrons. The first-order chi connectivity index (χ1) is 4.81. The van der Waals surface area contributed by atoms with E-state index >= 15 is 0 Å². The smallest absolute Gasteiger partial charge is 0.305 e. The highest BCUT2D eigenvalue weighted by atomic mass is 16.5. The van der Waals surface area contributed by atoms with Gasteiger partial charge in [0.05, 0.1) is 6.61 Å². The average Bonchev–Trinajstić information content (AvgIpc) is 1.98. The van der Waals surface area contributed by atoms with Crippen LogP contribution in [0.15, 0.2) is 0 Å². The van der Waals surface area contributed by atoms with E-state index in [-0.39, 0.29) is 5.97 Å². The van der Waals surface area contributed by atoms with Crippen LogP contribution in [-0.4, -0.2) is 18.9 Å². The first kappa shape index (κ1) is 9.14. The zero-order valence-corrected chi connectivity index (χ0v) is 6.13. The minimum absolute atomic E-state index is 0.203. The van der Waals surface area contributed by atoms with E-state index in [2.05, 4.69) is 0 Å². The molecule has 0 fully saturated rings. The van der Waals surface area contributed by atoms with Crippen molar-refractivity contribution in [3.05, 3.63) is 0 Å². The number of ether oxygens (including phenoxy) is 1. The van der Waals surface area contributed by atoms with Crippen molar-refractivity contribution in [2.75, 3.05) is 6.61 Å². The third-order valence-electron chi connectivity index (χ3n) is 1.02. The highest BCUT2D eigenvalue weighted by Gasteiger charge is 1.95. The Morgan fingerprint density at radius 1 is 1.60 bits per heavy atom. The van der Waals surface area contributed by atoms with Gasteiger partial charge in [-0.05, 0) is 6.42 Å². The van der Waals surface area contributed by atoms with Crippen LogP contribution in [-0.2, 0) is 14.3 Å². The van der Waals surface area contributed by atoms with Gasteiger partial charge in [-0.1, -0.05) is 6.92 Å². The quantitative estimate of drug-likeness (QED) is 0.327. The lowest BCUT2D eigenvalue weighted by Gasteiger charge is -1.98. The molecule has 10 heavy (non-hydrogen) atoms. The zero-order chi connectivity index (χ0) is 7.82. The second-order valence-electron chi connectivity index (χ2n) is 1.88. The van der Waals surface area contributed by atoms with Crippen LogP contribution >= 0.6 is 0 Å². The third-order valence-corrected chi connectivity index (χ3v) is 1.02. The summed E-state index contributed by atoms with van der Waals surface area (Å²) in [6, 6.07) is 0. The Morgan fingerprint density at radius 2 is 2.30 bits per heavy atom. The molecule has 0 amide bonds. The molecule has 0 N–H and O–H groups in total.